The highest BCUT2D eigenvalue weighted by molar-refractivity contribution is 5.88. The van der Waals surface area contributed by atoms with Gasteiger partial charge in [0, 0.05) is 47.4 Å². The van der Waals surface area contributed by atoms with E-state index < -0.39 is 0 Å². The van der Waals surface area contributed by atoms with Gasteiger partial charge in [-0.05, 0) is 82.6 Å². The number of Topliss-reactive ketones (excluding diaryl/α,β-unsaturated/α-hetero) is 1. The number of piperidine rings is 1. The van der Waals surface area contributed by atoms with Gasteiger partial charge in [0.1, 0.15) is 17.4 Å². The first kappa shape index (κ1) is 28.8. The molecule has 0 radical (unpaired) electrons. The molecule has 2 saturated carbocycles. The molecule has 2 N–H and O–H groups in total. The SMILES string of the molecule is CCC(=O)CCCCC[C@H](NC(=O)[C@H]1CC12CCN(C)CC2)c1ncc(-c2cc3ccc(C4CC4)nc3cc2OC)[nH]1. The molecular weight excluding hydrogens is 526 g/mol. The molecule has 0 unspecified atom stereocenters. The van der Waals surface area contributed by atoms with Crippen molar-refractivity contribution in [2.24, 2.45) is 11.3 Å². The van der Waals surface area contributed by atoms with E-state index in [-0.39, 0.29) is 23.3 Å². The number of aromatic nitrogens is 3. The lowest BCUT2D eigenvalue weighted by Crippen LogP contribution is -2.36. The third kappa shape index (κ3) is 6.24. The Labute approximate surface area is 249 Å². The molecule has 3 aromatic rings. The van der Waals surface area contributed by atoms with E-state index in [1.165, 1.54) is 12.8 Å². The average Bonchev–Trinajstić information content (AvgIpc) is 3.93. The number of methoxy groups -OCH3 is 1. The molecule has 6 rings (SSSR count). The number of hydrogen-bond donors (Lipinski definition) is 2. The number of nitrogens with zero attached hydrogens (tertiary/aromatic N) is 3. The summed E-state index contributed by atoms with van der Waals surface area (Å²) in [5.41, 5.74) is 4.08. The fourth-order valence-corrected chi connectivity index (χ4v) is 6.71. The number of hydrogen-bond acceptors (Lipinski definition) is 6. The van der Waals surface area contributed by atoms with Crippen LogP contribution in [0, 0.1) is 11.3 Å². The number of nitrogens with one attached hydrogen (secondary N) is 2. The molecule has 1 aliphatic heterocycles. The average molecular weight is 572 g/mol. The van der Waals surface area contributed by atoms with Gasteiger partial charge in [-0.1, -0.05) is 25.8 Å². The molecule has 3 aliphatic rings. The van der Waals surface area contributed by atoms with Crippen LogP contribution in [0.3, 0.4) is 0 Å². The van der Waals surface area contributed by atoms with Gasteiger partial charge >= 0.3 is 0 Å². The minimum Gasteiger partial charge on any atom is -0.496 e. The number of carbonyl (C=O) groups is 2. The number of unbranched alkanes of at least 4 members (excludes halogenated alkanes) is 2. The molecule has 2 aromatic heterocycles. The van der Waals surface area contributed by atoms with E-state index >= 15 is 0 Å². The summed E-state index contributed by atoms with van der Waals surface area (Å²) in [6, 6.07) is 8.22. The number of ether oxygens (including phenoxy) is 1. The smallest absolute Gasteiger partial charge is 0.224 e. The quantitative estimate of drug-likeness (QED) is 0.233. The number of carbonyl (C=O) groups excluding carboxylic acids is 2. The van der Waals surface area contributed by atoms with E-state index in [4.69, 9.17) is 14.7 Å². The van der Waals surface area contributed by atoms with Gasteiger partial charge < -0.3 is 19.9 Å². The first-order valence-corrected chi connectivity index (χ1v) is 15.9. The van der Waals surface area contributed by atoms with Gasteiger partial charge in [-0.25, -0.2) is 4.98 Å². The topological polar surface area (TPSA) is 100 Å². The first-order valence-electron chi connectivity index (χ1n) is 15.9. The maximum Gasteiger partial charge on any atom is 0.224 e. The van der Waals surface area contributed by atoms with Crippen LogP contribution in [0.4, 0.5) is 0 Å². The summed E-state index contributed by atoms with van der Waals surface area (Å²) in [5.74, 6) is 2.69. The summed E-state index contributed by atoms with van der Waals surface area (Å²) in [6.07, 6.45) is 12.3. The Morgan fingerprint density at radius 3 is 2.71 bits per heavy atom. The van der Waals surface area contributed by atoms with E-state index in [0.717, 1.165) is 97.5 Å². The number of benzene rings is 1. The van der Waals surface area contributed by atoms with E-state index in [1.807, 2.05) is 19.2 Å². The highest BCUT2D eigenvalue weighted by atomic mass is 16.5. The molecule has 1 amide bonds. The Balaban J connectivity index is 1.19. The van der Waals surface area contributed by atoms with Gasteiger partial charge in [-0.15, -0.1) is 0 Å². The van der Waals surface area contributed by atoms with Crippen LogP contribution in [0.5, 0.6) is 5.75 Å². The van der Waals surface area contributed by atoms with Crippen molar-refractivity contribution in [1.29, 1.82) is 0 Å². The van der Waals surface area contributed by atoms with Crippen LogP contribution in [-0.4, -0.2) is 58.8 Å². The van der Waals surface area contributed by atoms with Gasteiger partial charge in [0.2, 0.25) is 5.91 Å². The standard InChI is InChI=1S/C34H45N5O3/c1-4-24(40)8-6-5-7-9-28(38-33(41)26-20-34(26)14-16-39(2)17-15-34)32-35-21-30(37-32)25-18-23-12-13-27(22-10-11-22)36-29(23)19-31(25)42-3/h12-13,18-19,21-22,26,28H,4-11,14-17,20H2,1-3H3,(H,35,37)(H,38,41)/t26-,28+/m1/s1. The highest BCUT2D eigenvalue weighted by Gasteiger charge is 2.58. The van der Waals surface area contributed by atoms with Crippen LogP contribution in [0.1, 0.15) is 101 Å². The zero-order valence-corrected chi connectivity index (χ0v) is 25.4. The molecule has 8 heteroatoms. The largest absolute Gasteiger partial charge is 0.496 e. The van der Waals surface area contributed by atoms with Crippen LogP contribution in [0.25, 0.3) is 22.2 Å². The number of H-pyrrole nitrogens is 1. The molecule has 0 bridgehead atoms. The maximum absolute atomic E-state index is 13.5. The van der Waals surface area contributed by atoms with Crippen molar-refractivity contribution in [3.8, 4) is 17.0 Å². The fourth-order valence-electron chi connectivity index (χ4n) is 6.71. The van der Waals surface area contributed by atoms with Crippen LogP contribution in [0.2, 0.25) is 0 Å². The molecule has 2 aliphatic carbocycles. The van der Waals surface area contributed by atoms with Gasteiger partial charge in [0.15, 0.2) is 0 Å². The van der Waals surface area contributed by atoms with Crippen molar-refractivity contribution >= 4 is 22.6 Å². The number of imidazole rings is 1. The number of pyridine rings is 1. The minimum atomic E-state index is -0.203. The van der Waals surface area contributed by atoms with Gasteiger partial charge in [-0.3, -0.25) is 14.6 Å². The van der Waals surface area contributed by atoms with Crippen molar-refractivity contribution in [3.63, 3.8) is 0 Å². The second-order valence-electron chi connectivity index (χ2n) is 12.9. The van der Waals surface area contributed by atoms with E-state index in [9.17, 15) is 9.59 Å². The molecule has 224 valence electrons. The summed E-state index contributed by atoms with van der Waals surface area (Å²) in [6.45, 7) is 4.05. The van der Waals surface area contributed by atoms with Gasteiger partial charge in [-0.2, -0.15) is 0 Å². The minimum absolute atomic E-state index is 0.0962. The fraction of sp³-hybridized carbons (Fsp3) is 0.588. The van der Waals surface area contributed by atoms with E-state index in [2.05, 4.69) is 40.4 Å². The summed E-state index contributed by atoms with van der Waals surface area (Å²) in [5, 5.41) is 4.44. The van der Waals surface area contributed by atoms with Crippen molar-refractivity contribution in [3.05, 3.63) is 42.0 Å². The lowest BCUT2D eigenvalue weighted by atomic mass is 9.91. The number of likely N-dealkylation sites (tertiary alicyclic amines) is 1. The summed E-state index contributed by atoms with van der Waals surface area (Å²) in [4.78, 5) is 40.9. The van der Waals surface area contributed by atoms with Crippen molar-refractivity contribution in [2.75, 3.05) is 27.2 Å². The number of amides is 1. The van der Waals surface area contributed by atoms with E-state index in [0.29, 0.717) is 24.5 Å². The summed E-state index contributed by atoms with van der Waals surface area (Å²) >= 11 is 0. The lowest BCUT2D eigenvalue weighted by Gasteiger charge is -2.30. The predicted octanol–water partition coefficient (Wildman–Crippen LogP) is 6.33. The molecule has 1 spiro atoms. The molecule has 42 heavy (non-hydrogen) atoms. The number of ketones is 1. The third-order valence-electron chi connectivity index (χ3n) is 9.89. The molecule has 8 nitrogen and oxygen atoms in total. The number of fused-ring (bicyclic) bond motifs is 1. The Bertz CT molecular complexity index is 1440. The first-order chi connectivity index (χ1) is 20.4. The van der Waals surface area contributed by atoms with Gasteiger partial charge in [0.25, 0.3) is 0 Å². The van der Waals surface area contributed by atoms with E-state index in [1.54, 1.807) is 7.11 Å². The van der Waals surface area contributed by atoms with Crippen LogP contribution in [0.15, 0.2) is 30.5 Å². The van der Waals surface area contributed by atoms with Crippen LogP contribution >= 0.6 is 0 Å². The lowest BCUT2D eigenvalue weighted by molar-refractivity contribution is -0.124. The Hall–Kier alpha value is -3.26. The van der Waals surface area contributed by atoms with Crippen LogP contribution in [-0.2, 0) is 9.59 Å². The number of rotatable bonds is 13. The zero-order chi connectivity index (χ0) is 29.3. The second-order valence-corrected chi connectivity index (χ2v) is 12.9. The molecular formula is C34H45N5O3. The van der Waals surface area contributed by atoms with Gasteiger partial charge in [0.05, 0.1) is 30.6 Å². The summed E-state index contributed by atoms with van der Waals surface area (Å²) in [7, 11) is 3.85. The maximum atomic E-state index is 13.5. The second kappa shape index (κ2) is 12.2. The monoisotopic (exact) mass is 571 g/mol. The molecule has 3 heterocycles. The normalized spacial score (nSPS) is 20.5. The third-order valence-corrected chi connectivity index (χ3v) is 9.89. The van der Waals surface area contributed by atoms with Crippen molar-refractivity contribution in [1.82, 2.24) is 25.2 Å². The Morgan fingerprint density at radius 2 is 1.98 bits per heavy atom. The Morgan fingerprint density at radius 1 is 1.17 bits per heavy atom. The molecule has 2 atom stereocenters. The van der Waals surface area contributed by atoms with Crippen LogP contribution < -0.4 is 10.1 Å². The zero-order valence-electron chi connectivity index (χ0n) is 25.4. The summed E-state index contributed by atoms with van der Waals surface area (Å²) < 4.78 is 5.80. The number of aromatic amines is 1. The highest BCUT2D eigenvalue weighted by Crippen LogP contribution is 2.59. The molecule has 3 fully saturated rings. The van der Waals surface area contributed by atoms with Crippen molar-refractivity contribution in [2.45, 2.75) is 89.5 Å². The van der Waals surface area contributed by atoms with Crippen molar-refractivity contribution < 1.29 is 14.3 Å². The molecule has 1 saturated heterocycles. The predicted molar refractivity (Wildman–Crippen MR) is 164 cm³/mol. The molecule has 1 aromatic carbocycles. The Kier molecular flexibility index (Phi) is 8.35.